The lowest BCUT2D eigenvalue weighted by Gasteiger charge is -2.35. The molecule has 1 aliphatic heterocycles. The molecule has 2 rings (SSSR count). The summed E-state index contributed by atoms with van der Waals surface area (Å²) >= 11 is 0. The molecule has 0 spiro atoms. The minimum absolute atomic E-state index is 0.0884. The number of nitrogens with zero attached hydrogens (tertiary/aromatic N) is 1. The van der Waals surface area contributed by atoms with E-state index in [9.17, 15) is 15.0 Å². The maximum absolute atomic E-state index is 12.2. The number of ether oxygens (including phenoxy) is 1. The first-order valence-electron chi connectivity index (χ1n) is 6.92. The van der Waals surface area contributed by atoms with Crippen LogP contribution in [0.2, 0.25) is 0 Å². The number of fused-ring (bicyclic) bond motifs is 1. The summed E-state index contributed by atoms with van der Waals surface area (Å²) in [7, 11) is 1.78. The van der Waals surface area contributed by atoms with Crippen LogP contribution in [-0.4, -0.2) is 41.3 Å². The van der Waals surface area contributed by atoms with E-state index in [4.69, 9.17) is 4.74 Å². The summed E-state index contributed by atoms with van der Waals surface area (Å²) in [6.45, 7) is 2.79. The number of aliphatic hydroxyl groups is 1. The largest absolute Gasteiger partial charge is 0.508 e. The Kier molecular flexibility index (Phi) is 4.62. The minimum Gasteiger partial charge on any atom is -0.508 e. The molecule has 1 aromatic carbocycles. The van der Waals surface area contributed by atoms with E-state index in [0.717, 1.165) is 12.8 Å². The highest BCUT2D eigenvalue weighted by atomic mass is 16.5. The molecular formula is C15H21NO4. The fourth-order valence-corrected chi connectivity index (χ4v) is 2.52. The molecule has 2 unspecified atom stereocenters. The van der Waals surface area contributed by atoms with Crippen molar-refractivity contribution >= 4 is 5.97 Å². The number of phenolic OH excluding ortho intramolecular Hbond substituents is 1. The first kappa shape index (κ1) is 14.8. The quantitative estimate of drug-likeness (QED) is 0.649. The zero-order chi connectivity index (χ0) is 14.7. The summed E-state index contributed by atoms with van der Waals surface area (Å²) < 4.78 is 5.29. The number of aliphatic hydroxyl groups excluding tert-OH is 1. The predicted molar refractivity (Wildman–Crippen MR) is 74.3 cm³/mol. The number of benzene rings is 1. The molecule has 0 saturated heterocycles. The number of esters is 1. The molecule has 2 atom stereocenters. The van der Waals surface area contributed by atoms with Gasteiger partial charge in [0, 0.05) is 6.54 Å². The molecule has 5 nitrogen and oxygen atoms in total. The second-order valence-electron chi connectivity index (χ2n) is 5.19. The molecule has 110 valence electrons. The summed E-state index contributed by atoms with van der Waals surface area (Å²) in [6.07, 6.45) is 1.10. The zero-order valence-electron chi connectivity index (χ0n) is 11.9. The molecule has 1 heterocycles. The summed E-state index contributed by atoms with van der Waals surface area (Å²) in [6, 6.07) is 4.19. The Morgan fingerprint density at radius 3 is 2.90 bits per heavy atom. The van der Waals surface area contributed by atoms with Gasteiger partial charge in [-0.1, -0.05) is 19.4 Å². The van der Waals surface area contributed by atoms with Gasteiger partial charge in [-0.25, -0.2) is 4.79 Å². The highest BCUT2D eigenvalue weighted by molar-refractivity contribution is 5.78. The lowest BCUT2D eigenvalue weighted by atomic mass is 9.91. The molecule has 20 heavy (non-hydrogen) atoms. The Balaban J connectivity index is 2.25. The van der Waals surface area contributed by atoms with Crippen molar-refractivity contribution in [2.45, 2.75) is 31.9 Å². The van der Waals surface area contributed by atoms with Gasteiger partial charge in [0.1, 0.15) is 11.8 Å². The van der Waals surface area contributed by atoms with Gasteiger partial charge in [0.2, 0.25) is 0 Å². The van der Waals surface area contributed by atoms with E-state index in [1.54, 1.807) is 18.0 Å². The monoisotopic (exact) mass is 279 g/mol. The van der Waals surface area contributed by atoms with Gasteiger partial charge in [-0.05, 0) is 36.7 Å². The van der Waals surface area contributed by atoms with E-state index in [1.165, 1.54) is 12.1 Å². The maximum atomic E-state index is 12.2. The lowest BCUT2D eigenvalue weighted by Crippen LogP contribution is -2.40. The van der Waals surface area contributed by atoms with Gasteiger partial charge in [0.15, 0.2) is 0 Å². The number of carbonyl (C=O) groups excluding carboxylic acids is 1. The third kappa shape index (κ3) is 2.94. The average Bonchev–Trinajstić information content (AvgIpc) is 2.40. The predicted octanol–water partition coefficient (Wildman–Crippen LogP) is 1.76. The third-order valence-corrected chi connectivity index (χ3v) is 3.59. The van der Waals surface area contributed by atoms with Crippen LogP contribution < -0.4 is 0 Å². The molecule has 0 aromatic heterocycles. The summed E-state index contributed by atoms with van der Waals surface area (Å²) in [5.74, 6) is -0.217. The van der Waals surface area contributed by atoms with Crippen LogP contribution in [-0.2, 0) is 9.53 Å². The molecule has 0 aliphatic carbocycles. The van der Waals surface area contributed by atoms with E-state index in [0.29, 0.717) is 24.3 Å². The standard InChI is InChI=1S/C15H21NO4/c1-3-4-7-20-15(19)14-11-6-5-10(17)8-12(11)13(18)9-16(14)2/h5-6,8,13-14,17-18H,3-4,7,9H2,1-2H3. The minimum atomic E-state index is -0.707. The number of rotatable bonds is 4. The van der Waals surface area contributed by atoms with Gasteiger partial charge in [0.25, 0.3) is 0 Å². The summed E-state index contributed by atoms with van der Waals surface area (Å²) in [5.41, 5.74) is 1.30. The van der Waals surface area contributed by atoms with Crippen molar-refractivity contribution < 1.29 is 19.7 Å². The van der Waals surface area contributed by atoms with Gasteiger partial charge in [-0.3, -0.25) is 4.90 Å². The maximum Gasteiger partial charge on any atom is 0.328 e. The van der Waals surface area contributed by atoms with E-state index >= 15 is 0 Å². The van der Waals surface area contributed by atoms with Crippen LogP contribution in [0.1, 0.15) is 43.0 Å². The highest BCUT2D eigenvalue weighted by Crippen LogP contribution is 2.36. The van der Waals surface area contributed by atoms with Gasteiger partial charge in [-0.2, -0.15) is 0 Å². The molecule has 0 radical (unpaired) electrons. The van der Waals surface area contributed by atoms with Gasteiger partial charge in [-0.15, -0.1) is 0 Å². The second kappa shape index (κ2) is 6.24. The molecule has 1 aromatic rings. The Bertz CT molecular complexity index is 489. The number of phenols is 1. The van der Waals surface area contributed by atoms with Gasteiger partial charge in [0.05, 0.1) is 12.7 Å². The molecule has 0 amide bonds. The fraction of sp³-hybridized carbons (Fsp3) is 0.533. The summed E-state index contributed by atoms with van der Waals surface area (Å²) in [4.78, 5) is 14.0. The van der Waals surface area contributed by atoms with Crippen LogP contribution in [0.25, 0.3) is 0 Å². The number of carbonyl (C=O) groups is 1. The number of likely N-dealkylation sites (N-methyl/N-ethyl adjacent to an activating group) is 1. The molecule has 2 N–H and O–H groups in total. The van der Waals surface area contributed by atoms with Crippen molar-refractivity contribution in [1.29, 1.82) is 0 Å². The number of β-amino-alcohol motifs (C(OH)–C–C–N with tert-alkyl or cyclic N) is 1. The van der Waals surface area contributed by atoms with Crippen LogP contribution in [0.4, 0.5) is 0 Å². The van der Waals surface area contributed by atoms with Crippen molar-refractivity contribution in [2.24, 2.45) is 0 Å². The van der Waals surface area contributed by atoms with E-state index in [-0.39, 0.29) is 11.7 Å². The first-order chi connectivity index (χ1) is 9.54. The highest BCUT2D eigenvalue weighted by Gasteiger charge is 2.35. The molecule has 0 bridgehead atoms. The number of hydrogen-bond donors (Lipinski definition) is 2. The van der Waals surface area contributed by atoms with Crippen LogP contribution in [0.15, 0.2) is 18.2 Å². The van der Waals surface area contributed by atoms with Crippen LogP contribution in [0.3, 0.4) is 0 Å². The molecule has 0 fully saturated rings. The lowest BCUT2D eigenvalue weighted by molar-refractivity contribution is -0.151. The normalized spacial score (nSPS) is 22.4. The molecule has 5 heteroatoms. The topological polar surface area (TPSA) is 70.0 Å². The number of aromatic hydroxyl groups is 1. The van der Waals surface area contributed by atoms with Crippen molar-refractivity contribution in [2.75, 3.05) is 20.2 Å². The van der Waals surface area contributed by atoms with E-state index in [1.807, 2.05) is 6.92 Å². The third-order valence-electron chi connectivity index (χ3n) is 3.59. The van der Waals surface area contributed by atoms with Gasteiger partial charge >= 0.3 is 5.97 Å². The Morgan fingerprint density at radius 1 is 1.45 bits per heavy atom. The Morgan fingerprint density at radius 2 is 2.20 bits per heavy atom. The molecule has 0 saturated carbocycles. The fourth-order valence-electron chi connectivity index (χ4n) is 2.52. The zero-order valence-corrected chi connectivity index (χ0v) is 11.9. The Labute approximate surface area is 118 Å². The first-order valence-corrected chi connectivity index (χ1v) is 6.92. The number of hydrogen-bond acceptors (Lipinski definition) is 5. The van der Waals surface area contributed by atoms with Crippen LogP contribution in [0, 0.1) is 0 Å². The molecule has 1 aliphatic rings. The van der Waals surface area contributed by atoms with Gasteiger partial charge < -0.3 is 14.9 Å². The van der Waals surface area contributed by atoms with Crippen molar-refractivity contribution in [3.8, 4) is 5.75 Å². The van der Waals surface area contributed by atoms with Crippen molar-refractivity contribution in [3.05, 3.63) is 29.3 Å². The SMILES string of the molecule is CCCCOC(=O)C1c2ccc(O)cc2C(O)CN1C. The van der Waals surface area contributed by atoms with E-state index < -0.39 is 12.1 Å². The van der Waals surface area contributed by atoms with Crippen molar-refractivity contribution in [3.63, 3.8) is 0 Å². The van der Waals surface area contributed by atoms with Crippen molar-refractivity contribution in [1.82, 2.24) is 4.90 Å². The average molecular weight is 279 g/mol. The van der Waals surface area contributed by atoms with Crippen LogP contribution in [0.5, 0.6) is 5.75 Å². The smallest absolute Gasteiger partial charge is 0.328 e. The van der Waals surface area contributed by atoms with E-state index in [2.05, 4.69) is 0 Å². The Hall–Kier alpha value is -1.59. The second-order valence-corrected chi connectivity index (χ2v) is 5.19. The summed E-state index contributed by atoms with van der Waals surface area (Å²) in [5, 5.41) is 19.6. The van der Waals surface area contributed by atoms with Crippen LogP contribution >= 0.6 is 0 Å². The number of unbranched alkanes of at least 4 members (excludes halogenated alkanes) is 1. The molecular weight excluding hydrogens is 258 g/mol.